The van der Waals surface area contributed by atoms with E-state index in [4.69, 9.17) is 5.73 Å². The second kappa shape index (κ2) is 5.92. The van der Waals surface area contributed by atoms with Crippen molar-refractivity contribution in [1.29, 1.82) is 0 Å². The van der Waals surface area contributed by atoms with Gasteiger partial charge in [-0.2, -0.15) is 0 Å². The Hall–Kier alpha value is -0.780. The predicted molar refractivity (Wildman–Crippen MR) is 92.6 cm³/mol. The lowest BCUT2D eigenvalue weighted by atomic mass is 9.81. The average Bonchev–Trinajstić information content (AvgIpc) is 2.73. The maximum absolute atomic E-state index is 6.09. The summed E-state index contributed by atoms with van der Waals surface area (Å²) in [4.78, 5) is 4.49. The predicted octanol–water partition coefficient (Wildman–Crippen LogP) is 4.44. The highest BCUT2D eigenvalue weighted by molar-refractivity contribution is 14.1. The Morgan fingerprint density at radius 1 is 1.30 bits per heavy atom. The summed E-state index contributed by atoms with van der Waals surface area (Å²) in [5.41, 5.74) is 8.28. The van der Waals surface area contributed by atoms with E-state index in [1.807, 2.05) is 0 Å². The normalized spacial score (nSPS) is 23.3. The van der Waals surface area contributed by atoms with Crippen molar-refractivity contribution in [3.8, 4) is 0 Å². The van der Waals surface area contributed by atoms with Crippen LogP contribution in [0.3, 0.4) is 0 Å². The summed E-state index contributed by atoms with van der Waals surface area (Å²) >= 11 is 2.32. The summed E-state index contributed by atoms with van der Waals surface area (Å²) in [6, 6.07) is 6.37. The summed E-state index contributed by atoms with van der Waals surface area (Å²) in [5, 5.41) is 0. The van der Waals surface area contributed by atoms with Crippen molar-refractivity contribution in [2.24, 2.45) is 11.8 Å². The average molecular weight is 383 g/mol. The van der Waals surface area contributed by atoms with E-state index >= 15 is 0 Å². The number of rotatable bonds is 3. The van der Waals surface area contributed by atoms with E-state index in [0.717, 1.165) is 23.9 Å². The van der Waals surface area contributed by atoms with Crippen molar-refractivity contribution >= 4 is 39.6 Å². The minimum Gasteiger partial charge on any atom is -0.369 e. The van der Waals surface area contributed by atoms with Crippen molar-refractivity contribution in [2.75, 3.05) is 5.73 Å². The van der Waals surface area contributed by atoms with Gasteiger partial charge in [0.15, 0.2) is 0 Å². The summed E-state index contributed by atoms with van der Waals surface area (Å²) < 4.78 is 3.39. The Balaban J connectivity index is 1.72. The molecule has 1 aromatic heterocycles. The Labute approximate surface area is 134 Å². The lowest BCUT2D eigenvalue weighted by molar-refractivity contribution is 0.270. The molecule has 3 rings (SSSR count). The topological polar surface area (TPSA) is 43.8 Å². The molecule has 0 saturated heterocycles. The van der Waals surface area contributed by atoms with Crippen LogP contribution in [0.15, 0.2) is 18.2 Å². The van der Waals surface area contributed by atoms with Crippen LogP contribution in [-0.4, -0.2) is 9.55 Å². The quantitative estimate of drug-likeness (QED) is 0.797. The van der Waals surface area contributed by atoms with E-state index in [1.54, 1.807) is 0 Å². The van der Waals surface area contributed by atoms with E-state index in [2.05, 4.69) is 57.3 Å². The van der Waals surface area contributed by atoms with Gasteiger partial charge in [-0.25, -0.2) is 4.98 Å². The Kier molecular flexibility index (Phi) is 4.19. The molecule has 1 fully saturated rings. The Morgan fingerprint density at radius 3 is 2.80 bits per heavy atom. The van der Waals surface area contributed by atoms with Crippen LogP contribution in [0.2, 0.25) is 0 Å². The van der Waals surface area contributed by atoms with Gasteiger partial charge in [0.2, 0.25) is 5.95 Å². The van der Waals surface area contributed by atoms with Gasteiger partial charge in [-0.15, -0.1) is 0 Å². The molecule has 0 unspecified atom stereocenters. The van der Waals surface area contributed by atoms with Crippen molar-refractivity contribution in [2.45, 2.75) is 45.6 Å². The first kappa shape index (κ1) is 14.2. The van der Waals surface area contributed by atoms with Gasteiger partial charge < -0.3 is 10.3 Å². The molecular weight excluding hydrogens is 361 g/mol. The zero-order valence-electron chi connectivity index (χ0n) is 12.0. The van der Waals surface area contributed by atoms with E-state index in [0.29, 0.717) is 5.95 Å². The minimum atomic E-state index is 0.658. The van der Waals surface area contributed by atoms with Crippen LogP contribution in [0.25, 0.3) is 11.0 Å². The minimum absolute atomic E-state index is 0.658. The maximum atomic E-state index is 6.09. The fraction of sp³-hybridized carbons (Fsp3) is 0.562. The molecule has 1 heterocycles. The third-order valence-corrected chi connectivity index (χ3v) is 5.31. The molecule has 1 aromatic carbocycles. The number of aromatic nitrogens is 2. The lowest BCUT2D eigenvalue weighted by Gasteiger charge is -2.26. The van der Waals surface area contributed by atoms with Gasteiger partial charge >= 0.3 is 0 Å². The van der Waals surface area contributed by atoms with Gasteiger partial charge in [0.05, 0.1) is 11.0 Å². The number of nitrogens with zero attached hydrogens (tertiary/aromatic N) is 2. The van der Waals surface area contributed by atoms with E-state index in [1.165, 1.54) is 41.2 Å². The van der Waals surface area contributed by atoms with Crippen LogP contribution >= 0.6 is 22.6 Å². The number of halogens is 1. The SMILES string of the molecule is CC1CCC(CCn2c(N)nc3cc(I)ccc32)CC1. The van der Waals surface area contributed by atoms with Gasteiger partial charge in [0.25, 0.3) is 0 Å². The fourth-order valence-electron chi connectivity index (χ4n) is 3.29. The first-order valence-corrected chi connectivity index (χ1v) is 8.62. The highest BCUT2D eigenvalue weighted by Gasteiger charge is 2.18. The van der Waals surface area contributed by atoms with Gasteiger partial charge in [-0.1, -0.05) is 32.6 Å². The standard InChI is InChI=1S/C16H22IN3/c1-11-2-4-12(5-3-11)8-9-20-15-7-6-13(17)10-14(15)19-16(20)18/h6-7,10-12H,2-5,8-9H2,1H3,(H2,18,19). The van der Waals surface area contributed by atoms with Crippen LogP contribution in [0.1, 0.15) is 39.0 Å². The summed E-state index contributed by atoms with van der Waals surface area (Å²) in [7, 11) is 0. The first-order chi connectivity index (χ1) is 9.63. The maximum Gasteiger partial charge on any atom is 0.201 e. The van der Waals surface area contributed by atoms with E-state index in [9.17, 15) is 0 Å². The number of hydrogen-bond acceptors (Lipinski definition) is 2. The fourth-order valence-corrected chi connectivity index (χ4v) is 3.76. The number of nitrogens with two attached hydrogens (primary N) is 1. The molecule has 0 amide bonds. The van der Waals surface area contributed by atoms with Crippen molar-refractivity contribution in [3.05, 3.63) is 21.8 Å². The molecule has 1 aliphatic rings. The zero-order chi connectivity index (χ0) is 14.1. The van der Waals surface area contributed by atoms with Crippen molar-refractivity contribution in [1.82, 2.24) is 9.55 Å². The number of anilines is 1. The molecule has 0 atom stereocenters. The monoisotopic (exact) mass is 383 g/mol. The first-order valence-electron chi connectivity index (χ1n) is 7.54. The summed E-state index contributed by atoms with van der Waals surface area (Å²) in [6.45, 7) is 3.38. The van der Waals surface area contributed by atoms with Gasteiger partial charge in [-0.05, 0) is 59.0 Å². The summed E-state index contributed by atoms with van der Waals surface area (Å²) in [6.07, 6.45) is 6.78. The molecule has 0 aliphatic heterocycles. The zero-order valence-corrected chi connectivity index (χ0v) is 14.1. The molecule has 2 N–H and O–H groups in total. The number of imidazole rings is 1. The smallest absolute Gasteiger partial charge is 0.201 e. The van der Waals surface area contributed by atoms with E-state index < -0.39 is 0 Å². The van der Waals surface area contributed by atoms with Gasteiger partial charge in [0, 0.05) is 10.1 Å². The van der Waals surface area contributed by atoms with Gasteiger partial charge in [0.1, 0.15) is 0 Å². The molecule has 0 bridgehead atoms. The van der Waals surface area contributed by atoms with E-state index in [-0.39, 0.29) is 0 Å². The Bertz CT molecular complexity index is 597. The van der Waals surface area contributed by atoms with Crippen LogP contribution in [0, 0.1) is 15.4 Å². The third-order valence-electron chi connectivity index (χ3n) is 4.64. The number of aryl methyl sites for hydroxylation is 1. The number of hydrogen-bond donors (Lipinski definition) is 1. The molecule has 1 saturated carbocycles. The molecule has 4 heteroatoms. The molecule has 3 nitrogen and oxygen atoms in total. The lowest BCUT2D eigenvalue weighted by Crippen LogP contribution is -2.15. The number of fused-ring (bicyclic) bond motifs is 1. The Morgan fingerprint density at radius 2 is 2.05 bits per heavy atom. The van der Waals surface area contributed by atoms with Crippen LogP contribution in [0.4, 0.5) is 5.95 Å². The molecule has 1 aliphatic carbocycles. The molecule has 2 aromatic rings. The third kappa shape index (κ3) is 2.95. The second-order valence-corrected chi connectivity index (χ2v) is 7.41. The molecule has 0 radical (unpaired) electrons. The number of nitrogen functional groups attached to an aromatic ring is 1. The highest BCUT2D eigenvalue weighted by atomic mass is 127. The largest absolute Gasteiger partial charge is 0.369 e. The van der Waals surface area contributed by atoms with Crippen molar-refractivity contribution in [3.63, 3.8) is 0 Å². The summed E-state index contributed by atoms with van der Waals surface area (Å²) in [5.74, 6) is 2.45. The van der Waals surface area contributed by atoms with Crippen LogP contribution in [0.5, 0.6) is 0 Å². The van der Waals surface area contributed by atoms with Crippen molar-refractivity contribution < 1.29 is 0 Å². The molecule has 20 heavy (non-hydrogen) atoms. The molecule has 0 spiro atoms. The van der Waals surface area contributed by atoms with Gasteiger partial charge in [-0.3, -0.25) is 0 Å². The van der Waals surface area contributed by atoms with Crippen LogP contribution in [-0.2, 0) is 6.54 Å². The number of benzene rings is 1. The molecule has 108 valence electrons. The highest BCUT2D eigenvalue weighted by Crippen LogP contribution is 2.31. The second-order valence-electron chi connectivity index (χ2n) is 6.17. The van der Waals surface area contributed by atoms with Crippen LogP contribution < -0.4 is 5.73 Å². The molecular formula is C16H22IN3.